The van der Waals surface area contributed by atoms with E-state index in [2.05, 4.69) is 20.1 Å². The molecule has 5 nitrogen and oxygen atoms in total. The molecule has 0 atom stereocenters. The minimum atomic E-state index is -4.92. The number of hydrogen-bond acceptors (Lipinski definition) is 3. The Morgan fingerprint density at radius 1 is 1.00 bits per heavy atom. The highest BCUT2D eigenvalue weighted by Gasteiger charge is 2.32. The predicted molar refractivity (Wildman–Crippen MR) is 78.8 cm³/mol. The zero-order valence-corrected chi connectivity index (χ0v) is 12.3. The van der Waals surface area contributed by atoms with Crippen molar-refractivity contribution in [2.45, 2.75) is 13.0 Å². The lowest BCUT2D eigenvalue weighted by atomic mass is 10.3. The van der Waals surface area contributed by atoms with Gasteiger partial charge in [-0.1, -0.05) is 18.2 Å². The molecule has 2 aromatic rings. The fourth-order valence-electron chi connectivity index (χ4n) is 1.82. The highest BCUT2D eigenvalue weighted by atomic mass is 19.4. The number of amides is 2. The standard InChI is InChI=1S/C15H11F5N2O3/c16-13(17)24-10-5-3-4-9(8-10)21-14(23)22-11-6-1-2-7-12(11)25-15(18,19)20/h1-8,13H,(H2,21,22,23). The third kappa shape index (κ3) is 6.16. The van der Waals surface area contributed by atoms with Crippen LogP contribution in [0.15, 0.2) is 48.5 Å². The van der Waals surface area contributed by atoms with Gasteiger partial charge in [0.25, 0.3) is 0 Å². The van der Waals surface area contributed by atoms with Gasteiger partial charge in [0.2, 0.25) is 0 Å². The van der Waals surface area contributed by atoms with Crippen LogP contribution in [0.5, 0.6) is 11.5 Å². The van der Waals surface area contributed by atoms with Crippen molar-refractivity contribution in [3.8, 4) is 11.5 Å². The van der Waals surface area contributed by atoms with Gasteiger partial charge in [0.1, 0.15) is 5.75 Å². The fourth-order valence-corrected chi connectivity index (χ4v) is 1.82. The number of ether oxygens (including phenoxy) is 2. The normalized spacial score (nSPS) is 11.1. The number of nitrogens with one attached hydrogen (secondary N) is 2. The smallest absolute Gasteiger partial charge is 0.435 e. The summed E-state index contributed by atoms with van der Waals surface area (Å²) in [6, 6.07) is 9.16. The van der Waals surface area contributed by atoms with E-state index in [-0.39, 0.29) is 17.1 Å². The van der Waals surface area contributed by atoms with Crippen LogP contribution in [0.2, 0.25) is 0 Å². The van der Waals surface area contributed by atoms with Crippen LogP contribution in [0.4, 0.5) is 38.1 Å². The number of rotatable bonds is 5. The van der Waals surface area contributed by atoms with E-state index in [0.717, 1.165) is 12.1 Å². The molecular formula is C15H11F5N2O3. The molecule has 2 rings (SSSR count). The van der Waals surface area contributed by atoms with Gasteiger partial charge < -0.3 is 20.1 Å². The summed E-state index contributed by atoms with van der Waals surface area (Å²) in [7, 11) is 0. The number of benzene rings is 2. The fraction of sp³-hybridized carbons (Fsp3) is 0.133. The first kappa shape index (κ1) is 18.3. The maximum Gasteiger partial charge on any atom is 0.573 e. The molecule has 0 spiro atoms. The quantitative estimate of drug-likeness (QED) is 0.749. The Labute approximate surface area is 138 Å². The summed E-state index contributed by atoms with van der Waals surface area (Å²) in [5.41, 5.74) is -0.123. The lowest BCUT2D eigenvalue weighted by molar-refractivity contribution is -0.274. The van der Waals surface area contributed by atoms with Gasteiger partial charge in [-0.15, -0.1) is 13.2 Å². The SMILES string of the molecule is O=C(Nc1cccc(OC(F)F)c1)Nc1ccccc1OC(F)(F)F. The zero-order valence-electron chi connectivity index (χ0n) is 12.3. The molecule has 2 aromatic carbocycles. The monoisotopic (exact) mass is 362 g/mol. The van der Waals surface area contributed by atoms with E-state index < -0.39 is 24.8 Å². The second kappa shape index (κ2) is 7.69. The molecule has 10 heteroatoms. The van der Waals surface area contributed by atoms with E-state index in [1.807, 2.05) is 0 Å². The molecule has 0 aliphatic heterocycles. The van der Waals surface area contributed by atoms with Crippen molar-refractivity contribution in [1.82, 2.24) is 0 Å². The lowest BCUT2D eigenvalue weighted by Gasteiger charge is -2.14. The molecule has 0 aliphatic carbocycles. The molecule has 0 radical (unpaired) electrons. The van der Waals surface area contributed by atoms with Crippen LogP contribution in [0.3, 0.4) is 0 Å². The van der Waals surface area contributed by atoms with Crippen LogP contribution in [0, 0.1) is 0 Å². The van der Waals surface area contributed by atoms with Crippen molar-refractivity contribution in [2.75, 3.05) is 10.6 Å². The third-order valence-electron chi connectivity index (χ3n) is 2.68. The van der Waals surface area contributed by atoms with Crippen molar-refractivity contribution in [1.29, 1.82) is 0 Å². The molecule has 0 fully saturated rings. The summed E-state index contributed by atoms with van der Waals surface area (Å²) in [5.74, 6) is -0.784. The van der Waals surface area contributed by atoms with E-state index in [9.17, 15) is 26.7 Å². The van der Waals surface area contributed by atoms with Gasteiger partial charge in [0.05, 0.1) is 5.69 Å². The van der Waals surface area contributed by atoms with Crippen molar-refractivity contribution >= 4 is 17.4 Å². The summed E-state index contributed by atoms with van der Waals surface area (Å²) >= 11 is 0. The molecule has 134 valence electrons. The Morgan fingerprint density at radius 3 is 2.40 bits per heavy atom. The predicted octanol–water partition coefficient (Wildman–Crippen LogP) is 4.83. The molecule has 25 heavy (non-hydrogen) atoms. The Balaban J connectivity index is 2.06. The van der Waals surface area contributed by atoms with Gasteiger partial charge in [-0.05, 0) is 24.3 Å². The van der Waals surface area contributed by atoms with Gasteiger partial charge in [0.15, 0.2) is 5.75 Å². The molecule has 0 heterocycles. The van der Waals surface area contributed by atoms with Crippen LogP contribution in [0.25, 0.3) is 0 Å². The number of carbonyl (C=O) groups is 1. The number of hydrogen-bond donors (Lipinski definition) is 2. The van der Waals surface area contributed by atoms with Gasteiger partial charge in [-0.25, -0.2) is 4.79 Å². The summed E-state index contributed by atoms with van der Waals surface area (Å²) in [4.78, 5) is 11.9. The van der Waals surface area contributed by atoms with Crippen LogP contribution >= 0.6 is 0 Å². The van der Waals surface area contributed by atoms with Gasteiger partial charge in [0, 0.05) is 11.8 Å². The van der Waals surface area contributed by atoms with Gasteiger partial charge >= 0.3 is 19.0 Å². The molecule has 2 amide bonds. The molecule has 0 bridgehead atoms. The number of urea groups is 1. The number of halogens is 5. The van der Waals surface area contributed by atoms with Crippen LogP contribution < -0.4 is 20.1 Å². The van der Waals surface area contributed by atoms with Crippen molar-refractivity contribution in [2.24, 2.45) is 0 Å². The average Bonchev–Trinajstić information content (AvgIpc) is 2.47. The molecule has 0 aromatic heterocycles. The Morgan fingerprint density at radius 2 is 1.72 bits per heavy atom. The second-order valence-corrected chi connectivity index (χ2v) is 4.53. The molecule has 2 N–H and O–H groups in total. The van der Waals surface area contributed by atoms with E-state index >= 15 is 0 Å². The van der Waals surface area contributed by atoms with E-state index in [1.54, 1.807) is 0 Å². The first-order chi connectivity index (χ1) is 11.7. The second-order valence-electron chi connectivity index (χ2n) is 4.53. The lowest BCUT2D eigenvalue weighted by Crippen LogP contribution is -2.22. The minimum absolute atomic E-state index is 0.102. The first-order valence-electron chi connectivity index (χ1n) is 6.70. The largest absolute Gasteiger partial charge is 0.573 e. The number of carbonyl (C=O) groups excluding carboxylic acids is 1. The van der Waals surface area contributed by atoms with Crippen molar-refractivity contribution in [3.63, 3.8) is 0 Å². The maximum atomic E-state index is 12.3. The maximum absolute atomic E-state index is 12.3. The number of alkyl halides is 5. The van der Waals surface area contributed by atoms with Crippen LogP contribution in [-0.2, 0) is 0 Å². The molecule has 0 unspecified atom stereocenters. The zero-order chi connectivity index (χ0) is 18.4. The summed E-state index contributed by atoms with van der Waals surface area (Å²) < 4.78 is 69.3. The Kier molecular flexibility index (Phi) is 5.63. The summed E-state index contributed by atoms with van der Waals surface area (Å²) in [6.45, 7) is -3.03. The van der Waals surface area contributed by atoms with E-state index in [1.165, 1.54) is 36.4 Å². The number of anilines is 2. The van der Waals surface area contributed by atoms with Crippen LogP contribution in [-0.4, -0.2) is 19.0 Å². The Hall–Kier alpha value is -3.04. The van der Waals surface area contributed by atoms with Crippen molar-refractivity contribution in [3.05, 3.63) is 48.5 Å². The van der Waals surface area contributed by atoms with Gasteiger partial charge in [-0.3, -0.25) is 0 Å². The molecule has 0 saturated carbocycles. The van der Waals surface area contributed by atoms with E-state index in [4.69, 9.17) is 0 Å². The summed E-state index contributed by atoms with van der Waals surface area (Å²) in [5, 5.41) is 4.46. The molecule has 0 aliphatic rings. The third-order valence-corrected chi connectivity index (χ3v) is 2.68. The van der Waals surface area contributed by atoms with Gasteiger partial charge in [-0.2, -0.15) is 8.78 Å². The topological polar surface area (TPSA) is 59.6 Å². The number of para-hydroxylation sites is 2. The van der Waals surface area contributed by atoms with Crippen molar-refractivity contribution < 1.29 is 36.2 Å². The molecule has 0 saturated heterocycles. The molecular weight excluding hydrogens is 351 g/mol. The minimum Gasteiger partial charge on any atom is -0.435 e. The Bertz CT molecular complexity index is 737. The highest BCUT2D eigenvalue weighted by molar-refractivity contribution is 6.00. The highest BCUT2D eigenvalue weighted by Crippen LogP contribution is 2.30. The van der Waals surface area contributed by atoms with Crippen LogP contribution in [0.1, 0.15) is 0 Å². The average molecular weight is 362 g/mol. The van der Waals surface area contributed by atoms with E-state index in [0.29, 0.717) is 0 Å². The summed E-state index contributed by atoms with van der Waals surface area (Å²) in [6.07, 6.45) is -4.92. The first-order valence-corrected chi connectivity index (χ1v) is 6.70.